The number of carbonyl (C=O) groups is 1. The second-order valence-electron chi connectivity index (χ2n) is 4.45. The molecule has 0 saturated heterocycles. The topological polar surface area (TPSA) is 90.9 Å². The molecule has 0 fully saturated rings. The Labute approximate surface area is 127 Å². The molecule has 0 aliphatic heterocycles. The lowest BCUT2D eigenvalue weighted by atomic mass is 10.1. The average Bonchev–Trinajstić information content (AvgIpc) is 2.49. The predicted octanol–water partition coefficient (Wildman–Crippen LogP) is 3.06. The number of nitrogens with zero attached hydrogens (tertiary/aromatic N) is 1. The first-order valence-corrected chi connectivity index (χ1v) is 6.51. The fraction of sp³-hybridized carbons (Fsp3) is 0.0667. The molecule has 0 saturated carbocycles. The van der Waals surface area contributed by atoms with Gasteiger partial charge in [-0.1, -0.05) is 23.2 Å². The highest BCUT2D eigenvalue weighted by Crippen LogP contribution is 2.25. The number of anilines is 2. The van der Waals surface area contributed by atoms with E-state index in [0.29, 0.717) is 27.5 Å². The van der Waals surface area contributed by atoms with E-state index in [-0.39, 0.29) is 5.91 Å². The van der Waals surface area contributed by atoms with Crippen molar-refractivity contribution in [2.75, 3.05) is 10.7 Å². The highest BCUT2D eigenvalue weighted by molar-refractivity contribution is 6.34. The number of hydrazine groups is 1. The number of carbonyl (C=O) groups excluding carboxylic acids is 1. The summed E-state index contributed by atoms with van der Waals surface area (Å²) in [7, 11) is 0. The van der Waals surface area contributed by atoms with Crippen molar-refractivity contribution >= 4 is 28.9 Å². The maximum atomic E-state index is 12.3. The van der Waals surface area contributed by atoms with Crippen LogP contribution in [0, 0.1) is 18.3 Å². The highest BCUT2D eigenvalue weighted by atomic mass is 35.5. The zero-order valence-electron chi connectivity index (χ0n) is 11.3. The number of nitriles is 1. The van der Waals surface area contributed by atoms with Gasteiger partial charge < -0.3 is 10.7 Å². The summed E-state index contributed by atoms with van der Waals surface area (Å²) in [5, 5.41) is 11.9. The molecule has 5 nitrogen and oxygen atoms in total. The number of aryl methyl sites for hydroxylation is 1. The molecule has 2 aromatic rings. The van der Waals surface area contributed by atoms with Gasteiger partial charge >= 0.3 is 0 Å². The van der Waals surface area contributed by atoms with Gasteiger partial charge in [0, 0.05) is 0 Å². The fourth-order valence-electron chi connectivity index (χ4n) is 1.85. The van der Waals surface area contributed by atoms with E-state index in [0.717, 1.165) is 5.56 Å². The Morgan fingerprint density at radius 2 is 2.00 bits per heavy atom. The fourth-order valence-corrected chi connectivity index (χ4v) is 2.02. The third-order valence-electron chi connectivity index (χ3n) is 2.92. The van der Waals surface area contributed by atoms with Gasteiger partial charge in [-0.3, -0.25) is 10.6 Å². The van der Waals surface area contributed by atoms with Crippen LogP contribution in [0.1, 0.15) is 21.5 Å². The predicted molar refractivity (Wildman–Crippen MR) is 83.1 cm³/mol. The van der Waals surface area contributed by atoms with Crippen LogP contribution in [-0.4, -0.2) is 5.91 Å². The lowest BCUT2D eigenvalue weighted by Gasteiger charge is -2.11. The zero-order valence-corrected chi connectivity index (χ0v) is 12.0. The maximum absolute atomic E-state index is 12.3. The number of amides is 1. The molecule has 0 aliphatic rings. The van der Waals surface area contributed by atoms with E-state index in [1.165, 1.54) is 6.07 Å². The smallest absolute Gasteiger partial charge is 0.257 e. The second kappa shape index (κ2) is 6.27. The Kier molecular flexibility index (Phi) is 4.43. The van der Waals surface area contributed by atoms with Gasteiger partial charge in [-0.2, -0.15) is 5.26 Å². The van der Waals surface area contributed by atoms with Crippen molar-refractivity contribution in [1.29, 1.82) is 5.26 Å². The van der Waals surface area contributed by atoms with Crippen LogP contribution in [0.2, 0.25) is 5.02 Å². The van der Waals surface area contributed by atoms with Crippen LogP contribution < -0.4 is 16.6 Å². The normalized spacial score (nSPS) is 9.81. The van der Waals surface area contributed by atoms with E-state index < -0.39 is 0 Å². The van der Waals surface area contributed by atoms with Gasteiger partial charge in [0.15, 0.2) is 0 Å². The number of rotatable bonds is 3. The highest BCUT2D eigenvalue weighted by Gasteiger charge is 2.13. The Balaban J connectivity index is 2.35. The summed E-state index contributed by atoms with van der Waals surface area (Å²) < 4.78 is 0. The summed E-state index contributed by atoms with van der Waals surface area (Å²) in [6.45, 7) is 1.88. The minimum Gasteiger partial charge on any atom is -0.323 e. The third-order valence-corrected chi connectivity index (χ3v) is 3.25. The molecular formula is C15H13ClN4O. The van der Waals surface area contributed by atoms with Crippen LogP contribution in [-0.2, 0) is 0 Å². The van der Waals surface area contributed by atoms with Crippen LogP contribution in [0.5, 0.6) is 0 Å². The summed E-state index contributed by atoms with van der Waals surface area (Å²) in [4.78, 5) is 12.3. The molecule has 0 radical (unpaired) electrons. The summed E-state index contributed by atoms with van der Waals surface area (Å²) in [5.74, 6) is 5.05. The van der Waals surface area contributed by atoms with Crippen molar-refractivity contribution in [1.82, 2.24) is 0 Å². The van der Waals surface area contributed by atoms with Gasteiger partial charge in [-0.05, 0) is 37.3 Å². The molecule has 2 aromatic carbocycles. The van der Waals surface area contributed by atoms with Crippen molar-refractivity contribution in [3.63, 3.8) is 0 Å². The lowest BCUT2D eigenvalue weighted by Crippen LogP contribution is -2.17. The molecule has 0 unspecified atom stereocenters. The molecule has 1 amide bonds. The van der Waals surface area contributed by atoms with Crippen LogP contribution in [0.25, 0.3) is 0 Å². The largest absolute Gasteiger partial charge is 0.323 e. The van der Waals surface area contributed by atoms with E-state index in [1.54, 1.807) is 24.3 Å². The van der Waals surface area contributed by atoms with Gasteiger partial charge in [0.25, 0.3) is 5.91 Å². The molecule has 0 aromatic heterocycles. The summed E-state index contributed by atoms with van der Waals surface area (Å²) in [6, 6.07) is 11.9. The van der Waals surface area contributed by atoms with Gasteiger partial charge in [-0.25, -0.2) is 0 Å². The number of hydrogen-bond acceptors (Lipinski definition) is 4. The van der Waals surface area contributed by atoms with Gasteiger partial charge in [0.1, 0.15) is 0 Å². The monoisotopic (exact) mass is 300 g/mol. The van der Waals surface area contributed by atoms with Crippen LogP contribution in [0.15, 0.2) is 36.4 Å². The first-order valence-electron chi connectivity index (χ1n) is 6.13. The van der Waals surface area contributed by atoms with Gasteiger partial charge in [-0.15, -0.1) is 0 Å². The number of benzene rings is 2. The van der Waals surface area contributed by atoms with Crippen molar-refractivity contribution in [2.24, 2.45) is 5.84 Å². The van der Waals surface area contributed by atoms with E-state index in [9.17, 15) is 4.79 Å². The Morgan fingerprint density at radius 3 is 2.67 bits per heavy atom. The van der Waals surface area contributed by atoms with Crippen molar-refractivity contribution < 1.29 is 4.79 Å². The number of halogens is 1. The number of hydrogen-bond donors (Lipinski definition) is 3. The molecule has 4 N–H and O–H groups in total. The molecule has 0 heterocycles. The quantitative estimate of drug-likeness (QED) is 0.600. The minimum atomic E-state index is -0.358. The molecule has 0 spiro atoms. The van der Waals surface area contributed by atoms with E-state index in [4.69, 9.17) is 22.7 Å². The van der Waals surface area contributed by atoms with Crippen LogP contribution >= 0.6 is 11.6 Å². The minimum absolute atomic E-state index is 0.358. The Bertz CT molecular complexity index is 737. The number of nitrogens with two attached hydrogens (primary N) is 1. The third kappa shape index (κ3) is 3.31. The number of nitrogens with one attached hydrogen (secondary N) is 2. The molecular weight excluding hydrogens is 288 g/mol. The van der Waals surface area contributed by atoms with Gasteiger partial charge in [0.05, 0.1) is 33.6 Å². The molecule has 6 heteroatoms. The number of nitrogen functional groups attached to an aromatic ring is 1. The summed E-state index contributed by atoms with van der Waals surface area (Å²) in [5.41, 5.74) is 5.10. The Morgan fingerprint density at radius 1 is 1.24 bits per heavy atom. The van der Waals surface area contributed by atoms with E-state index in [2.05, 4.69) is 10.7 Å². The van der Waals surface area contributed by atoms with Crippen molar-refractivity contribution in [2.45, 2.75) is 6.92 Å². The molecule has 0 aliphatic carbocycles. The van der Waals surface area contributed by atoms with Crippen molar-refractivity contribution in [3.05, 3.63) is 58.1 Å². The lowest BCUT2D eigenvalue weighted by molar-refractivity contribution is 0.102. The second-order valence-corrected chi connectivity index (χ2v) is 4.86. The molecule has 2 rings (SSSR count). The first-order chi connectivity index (χ1) is 10.0. The molecule has 0 bridgehead atoms. The zero-order chi connectivity index (χ0) is 15.4. The maximum Gasteiger partial charge on any atom is 0.257 e. The Hall–Kier alpha value is -2.55. The first kappa shape index (κ1) is 14.9. The molecule has 0 atom stereocenters. The summed E-state index contributed by atoms with van der Waals surface area (Å²) >= 11 is 6.03. The van der Waals surface area contributed by atoms with Crippen LogP contribution in [0.3, 0.4) is 0 Å². The molecule has 106 valence electrons. The molecule has 21 heavy (non-hydrogen) atoms. The van der Waals surface area contributed by atoms with E-state index >= 15 is 0 Å². The van der Waals surface area contributed by atoms with Gasteiger partial charge in [0.2, 0.25) is 0 Å². The van der Waals surface area contributed by atoms with E-state index in [1.807, 2.05) is 19.1 Å². The van der Waals surface area contributed by atoms with Crippen LogP contribution in [0.4, 0.5) is 11.4 Å². The standard InChI is InChI=1S/C15H13ClN4O/c1-9-2-5-13(20-18)11(6-9)15(21)19-14-7-10(8-17)3-4-12(14)16/h2-7,20H,18H2,1H3,(H,19,21). The average molecular weight is 301 g/mol. The van der Waals surface area contributed by atoms with Crippen molar-refractivity contribution in [3.8, 4) is 6.07 Å². The SMILES string of the molecule is Cc1ccc(NN)c(C(=O)Nc2cc(C#N)ccc2Cl)c1. The summed E-state index contributed by atoms with van der Waals surface area (Å²) in [6.07, 6.45) is 0.